The highest BCUT2D eigenvalue weighted by molar-refractivity contribution is 9.10. The number of benzene rings is 2. The first-order chi connectivity index (χ1) is 9.99. The number of aryl methyl sites for hydroxylation is 2. The van der Waals surface area contributed by atoms with Crippen LogP contribution in [0.3, 0.4) is 0 Å². The molecule has 1 amide bonds. The molecule has 0 spiro atoms. The summed E-state index contributed by atoms with van der Waals surface area (Å²) in [7, 11) is 0. The van der Waals surface area contributed by atoms with E-state index in [-0.39, 0.29) is 12.5 Å². The van der Waals surface area contributed by atoms with Crippen LogP contribution in [0.2, 0.25) is 0 Å². The van der Waals surface area contributed by atoms with E-state index in [1.807, 2.05) is 50.2 Å². The molecule has 2 rings (SSSR count). The molecule has 1 unspecified atom stereocenters. The number of nitrogens with one attached hydrogen (secondary N) is 1. The van der Waals surface area contributed by atoms with E-state index in [1.54, 1.807) is 6.07 Å². The number of halogens is 1. The largest absolute Gasteiger partial charge is 0.387 e. The molecule has 0 radical (unpaired) electrons. The molecule has 2 N–H and O–H groups in total. The third-order valence-corrected chi connectivity index (χ3v) is 4.03. The predicted octanol–water partition coefficient (Wildman–Crippen LogP) is 3.53. The zero-order valence-corrected chi connectivity index (χ0v) is 13.6. The molecule has 0 heterocycles. The number of amides is 1. The molecule has 4 heteroatoms. The van der Waals surface area contributed by atoms with Gasteiger partial charge in [-0.25, -0.2) is 0 Å². The molecule has 2 aromatic rings. The van der Waals surface area contributed by atoms with Crippen molar-refractivity contribution < 1.29 is 9.90 Å². The van der Waals surface area contributed by atoms with Crippen molar-refractivity contribution in [2.75, 3.05) is 6.54 Å². The Kier molecular flexibility index (Phi) is 5.15. The predicted molar refractivity (Wildman–Crippen MR) is 87.4 cm³/mol. The van der Waals surface area contributed by atoms with Crippen LogP contribution >= 0.6 is 15.9 Å². The standard InChI is InChI=1S/C17H18BrNO2/c1-11-7-8-14(15(18)9-11)17(21)19-10-16(20)13-6-4-3-5-12(13)2/h3-9,16,20H,10H2,1-2H3,(H,19,21). The van der Waals surface area contributed by atoms with Gasteiger partial charge in [-0.2, -0.15) is 0 Å². The average Bonchev–Trinajstić information content (AvgIpc) is 2.45. The normalized spacial score (nSPS) is 12.0. The fourth-order valence-electron chi connectivity index (χ4n) is 2.16. The van der Waals surface area contributed by atoms with Crippen LogP contribution in [0.25, 0.3) is 0 Å². The first-order valence-electron chi connectivity index (χ1n) is 6.77. The van der Waals surface area contributed by atoms with Gasteiger partial charge in [-0.3, -0.25) is 4.79 Å². The fraction of sp³-hybridized carbons (Fsp3) is 0.235. The zero-order valence-electron chi connectivity index (χ0n) is 12.1. The van der Waals surface area contributed by atoms with Crippen LogP contribution in [0.15, 0.2) is 46.9 Å². The van der Waals surface area contributed by atoms with Crippen LogP contribution in [0.5, 0.6) is 0 Å². The SMILES string of the molecule is Cc1ccc(C(=O)NCC(O)c2ccccc2C)c(Br)c1. The van der Waals surface area contributed by atoms with Gasteiger partial charge in [0.15, 0.2) is 0 Å². The summed E-state index contributed by atoms with van der Waals surface area (Å²) >= 11 is 3.39. The smallest absolute Gasteiger partial charge is 0.252 e. The summed E-state index contributed by atoms with van der Waals surface area (Å²) in [5.41, 5.74) is 3.49. The fourth-order valence-corrected chi connectivity index (χ4v) is 2.83. The van der Waals surface area contributed by atoms with Crippen LogP contribution in [0.4, 0.5) is 0 Å². The number of hydrogen-bond acceptors (Lipinski definition) is 2. The highest BCUT2D eigenvalue weighted by Gasteiger charge is 2.14. The molecular formula is C17H18BrNO2. The molecule has 0 aliphatic heterocycles. The van der Waals surface area contributed by atoms with Gasteiger partial charge < -0.3 is 10.4 Å². The van der Waals surface area contributed by atoms with E-state index < -0.39 is 6.10 Å². The van der Waals surface area contributed by atoms with Crippen molar-refractivity contribution in [2.24, 2.45) is 0 Å². The van der Waals surface area contributed by atoms with Gasteiger partial charge in [-0.05, 0) is 58.6 Å². The number of aliphatic hydroxyl groups is 1. The topological polar surface area (TPSA) is 49.3 Å². The highest BCUT2D eigenvalue weighted by Crippen LogP contribution is 2.19. The van der Waals surface area contributed by atoms with Gasteiger partial charge in [0, 0.05) is 11.0 Å². The lowest BCUT2D eigenvalue weighted by Crippen LogP contribution is -2.28. The van der Waals surface area contributed by atoms with Crippen LogP contribution in [0, 0.1) is 13.8 Å². The third-order valence-electron chi connectivity index (χ3n) is 3.37. The lowest BCUT2D eigenvalue weighted by Gasteiger charge is -2.15. The van der Waals surface area contributed by atoms with Crippen molar-refractivity contribution in [2.45, 2.75) is 20.0 Å². The molecule has 0 saturated heterocycles. The second-order valence-electron chi connectivity index (χ2n) is 5.07. The van der Waals surface area contributed by atoms with Gasteiger partial charge in [0.25, 0.3) is 5.91 Å². The molecule has 0 aromatic heterocycles. The molecule has 1 atom stereocenters. The van der Waals surface area contributed by atoms with Crippen molar-refractivity contribution in [3.8, 4) is 0 Å². The Morgan fingerprint density at radius 2 is 1.95 bits per heavy atom. The number of carbonyl (C=O) groups is 1. The molecule has 3 nitrogen and oxygen atoms in total. The van der Waals surface area contributed by atoms with Gasteiger partial charge in [0.1, 0.15) is 0 Å². The van der Waals surface area contributed by atoms with Crippen LogP contribution in [0.1, 0.15) is 33.2 Å². The number of rotatable bonds is 4. The summed E-state index contributed by atoms with van der Waals surface area (Å²) in [4.78, 5) is 12.1. The summed E-state index contributed by atoms with van der Waals surface area (Å²) in [5, 5.41) is 12.9. The van der Waals surface area contributed by atoms with Crippen molar-refractivity contribution in [3.05, 3.63) is 69.2 Å². The third kappa shape index (κ3) is 3.93. The van der Waals surface area contributed by atoms with Gasteiger partial charge in [0.2, 0.25) is 0 Å². The van der Waals surface area contributed by atoms with E-state index in [9.17, 15) is 9.90 Å². The maximum Gasteiger partial charge on any atom is 0.252 e. The summed E-state index contributed by atoms with van der Waals surface area (Å²) in [6.07, 6.45) is -0.709. The minimum atomic E-state index is -0.709. The van der Waals surface area contributed by atoms with Gasteiger partial charge in [-0.1, -0.05) is 30.3 Å². The molecular weight excluding hydrogens is 330 g/mol. The molecule has 110 valence electrons. The summed E-state index contributed by atoms with van der Waals surface area (Å²) in [6.45, 7) is 4.09. The Morgan fingerprint density at radius 3 is 2.62 bits per heavy atom. The second kappa shape index (κ2) is 6.87. The van der Waals surface area contributed by atoms with E-state index in [2.05, 4.69) is 21.2 Å². The van der Waals surface area contributed by atoms with E-state index >= 15 is 0 Å². The van der Waals surface area contributed by atoms with E-state index in [1.165, 1.54) is 0 Å². The van der Waals surface area contributed by atoms with Crippen LogP contribution < -0.4 is 5.32 Å². The summed E-state index contributed by atoms with van der Waals surface area (Å²) in [6, 6.07) is 13.2. The monoisotopic (exact) mass is 347 g/mol. The highest BCUT2D eigenvalue weighted by atomic mass is 79.9. The molecule has 0 aliphatic carbocycles. The van der Waals surface area contributed by atoms with Gasteiger partial charge in [-0.15, -0.1) is 0 Å². The Morgan fingerprint density at radius 1 is 1.24 bits per heavy atom. The number of hydrogen-bond donors (Lipinski definition) is 2. The molecule has 2 aromatic carbocycles. The van der Waals surface area contributed by atoms with Crippen molar-refractivity contribution in [1.82, 2.24) is 5.32 Å². The van der Waals surface area contributed by atoms with Gasteiger partial charge >= 0.3 is 0 Å². The molecule has 0 bridgehead atoms. The average molecular weight is 348 g/mol. The number of aliphatic hydroxyl groups excluding tert-OH is 1. The van der Waals surface area contributed by atoms with Crippen molar-refractivity contribution in [3.63, 3.8) is 0 Å². The molecule has 0 fully saturated rings. The second-order valence-corrected chi connectivity index (χ2v) is 5.92. The summed E-state index contributed by atoms with van der Waals surface area (Å²) < 4.78 is 0.755. The Balaban J connectivity index is 2.02. The van der Waals surface area contributed by atoms with Crippen molar-refractivity contribution in [1.29, 1.82) is 0 Å². The Labute approximate surface area is 133 Å². The molecule has 0 saturated carbocycles. The van der Waals surface area contributed by atoms with Crippen molar-refractivity contribution >= 4 is 21.8 Å². The first kappa shape index (κ1) is 15.7. The van der Waals surface area contributed by atoms with Gasteiger partial charge in [0.05, 0.1) is 11.7 Å². The van der Waals surface area contributed by atoms with Crippen LogP contribution in [-0.4, -0.2) is 17.6 Å². The maximum atomic E-state index is 12.1. The zero-order chi connectivity index (χ0) is 15.4. The minimum Gasteiger partial charge on any atom is -0.387 e. The molecule has 21 heavy (non-hydrogen) atoms. The lowest BCUT2D eigenvalue weighted by atomic mass is 10.0. The summed E-state index contributed by atoms with van der Waals surface area (Å²) in [5.74, 6) is -0.200. The van der Waals surface area contributed by atoms with E-state index in [0.29, 0.717) is 5.56 Å². The lowest BCUT2D eigenvalue weighted by molar-refractivity contribution is 0.0915. The minimum absolute atomic E-state index is 0.185. The number of carbonyl (C=O) groups excluding carboxylic acids is 1. The Bertz CT molecular complexity index is 655. The van der Waals surface area contributed by atoms with E-state index in [0.717, 1.165) is 21.2 Å². The molecule has 0 aliphatic rings. The van der Waals surface area contributed by atoms with E-state index in [4.69, 9.17) is 0 Å². The maximum absolute atomic E-state index is 12.1. The first-order valence-corrected chi connectivity index (χ1v) is 7.56. The Hall–Kier alpha value is -1.65. The quantitative estimate of drug-likeness (QED) is 0.888. The van der Waals surface area contributed by atoms with Crippen LogP contribution in [-0.2, 0) is 0 Å².